The van der Waals surface area contributed by atoms with Crippen molar-refractivity contribution in [2.45, 2.75) is 44.6 Å². The largest absolute Gasteiger partial charge is 0.497 e. The van der Waals surface area contributed by atoms with Crippen LogP contribution in [0.15, 0.2) is 35.4 Å². The molecule has 3 nitrogen and oxygen atoms in total. The van der Waals surface area contributed by atoms with Gasteiger partial charge in [0.2, 0.25) is 6.41 Å². The summed E-state index contributed by atoms with van der Waals surface area (Å²) in [7, 11) is 1.69. The number of benzene rings is 1. The molecular formula is C18H23NO2. The smallest absolute Gasteiger partial charge is 0.210 e. The lowest BCUT2D eigenvalue weighted by Crippen LogP contribution is -2.42. The van der Waals surface area contributed by atoms with Crippen LogP contribution in [0.25, 0.3) is 0 Å². The van der Waals surface area contributed by atoms with E-state index >= 15 is 0 Å². The molecule has 112 valence electrons. The molecule has 0 spiro atoms. The van der Waals surface area contributed by atoms with Crippen LogP contribution in [0.5, 0.6) is 5.75 Å². The highest BCUT2D eigenvalue weighted by Crippen LogP contribution is 2.35. The van der Waals surface area contributed by atoms with Crippen molar-refractivity contribution in [1.29, 1.82) is 0 Å². The summed E-state index contributed by atoms with van der Waals surface area (Å²) in [6, 6.07) is 8.45. The molecular weight excluding hydrogens is 262 g/mol. The van der Waals surface area contributed by atoms with Crippen molar-refractivity contribution in [1.82, 2.24) is 4.90 Å². The maximum Gasteiger partial charge on any atom is 0.210 e. The topological polar surface area (TPSA) is 29.5 Å². The number of carbonyl (C=O) groups is 1. The summed E-state index contributed by atoms with van der Waals surface area (Å²) in [4.78, 5) is 13.4. The van der Waals surface area contributed by atoms with Crippen LogP contribution in [-0.4, -0.2) is 31.0 Å². The number of ether oxygens (including phenoxy) is 1. The summed E-state index contributed by atoms with van der Waals surface area (Å²) in [5.41, 5.74) is 4.39. The summed E-state index contributed by atoms with van der Waals surface area (Å²) in [5.74, 6) is 0.888. The van der Waals surface area contributed by atoms with E-state index in [4.69, 9.17) is 4.74 Å². The molecule has 2 aliphatic rings. The molecule has 1 atom stereocenters. The summed E-state index contributed by atoms with van der Waals surface area (Å²) in [6.07, 6.45) is 7.97. The van der Waals surface area contributed by atoms with Crippen LogP contribution in [0, 0.1) is 0 Å². The lowest BCUT2D eigenvalue weighted by atomic mass is 9.80. The van der Waals surface area contributed by atoms with Crippen LogP contribution in [0.4, 0.5) is 0 Å². The zero-order valence-corrected chi connectivity index (χ0v) is 12.7. The van der Waals surface area contributed by atoms with Crippen LogP contribution in [0.3, 0.4) is 0 Å². The van der Waals surface area contributed by atoms with Crippen LogP contribution in [0.1, 0.15) is 37.7 Å². The number of nitrogens with zero attached hydrogens (tertiary/aromatic N) is 1. The van der Waals surface area contributed by atoms with Crippen molar-refractivity contribution in [3.63, 3.8) is 0 Å². The van der Waals surface area contributed by atoms with E-state index < -0.39 is 0 Å². The van der Waals surface area contributed by atoms with Crippen molar-refractivity contribution in [2.75, 3.05) is 13.7 Å². The lowest BCUT2D eigenvalue weighted by molar-refractivity contribution is -0.119. The van der Waals surface area contributed by atoms with Gasteiger partial charge in [0.15, 0.2) is 0 Å². The number of amides is 1. The third-order valence-electron chi connectivity index (χ3n) is 4.80. The Kier molecular flexibility index (Phi) is 4.28. The maximum absolute atomic E-state index is 11.4. The van der Waals surface area contributed by atoms with Crippen LogP contribution in [-0.2, 0) is 11.2 Å². The first-order valence-electron chi connectivity index (χ1n) is 7.86. The SMILES string of the molecule is COc1cccc(CC2C3=C(CCCC3)CCN2C=O)c1. The average Bonchev–Trinajstić information content (AvgIpc) is 2.55. The predicted molar refractivity (Wildman–Crippen MR) is 83.4 cm³/mol. The Morgan fingerprint density at radius 3 is 2.95 bits per heavy atom. The van der Waals surface area contributed by atoms with Crippen LogP contribution in [0.2, 0.25) is 0 Å². The molecule has 1 aliphatic heterocycles. The monoisotopic (exact) mass is 285 g/mol. The Morgan fingerprint density at radius 2 is 2.14 bits per heavy atom. The molecule has 21 heavy (non-hydrogen) atoms. The first-order valence-corrected chi connectivity index (χ1v) is 7.86. The predicted octanol–water partition coefficient (Wildman–Crippen LogP) is 3.34. The number of hydrogen-bond donors (Lipinski definition) is 0. The Labute approximate surface area is 126 Å². The third kappa shape index (κ3) is 2.97. The van der Waals surface area contributed by atoms with Gasteiger partial charge >= 0.3 is 0 Å². The van der Waals surface area contributed by atoms with E-state index in [2.05, 4.69) is 12.1 Å². The van der Waals surface area contributed by atoms with Gasteiger partial charge in [-0.3, -0.25) is 4.79 Å². The van der Waals surface area contributed by atoms with Crippen LogP contribution >= 0.6 is 0 Å². The molecule has 0 saturated heterocycles. The van der Waals surface area contributed by atoms with E-state index in [1.807, 2.05) is 17.0 Å². The molecule has 0 radical (unpaired) electrons. The molecule has 0 fully saturated rings. The molecule has 3 rings (SSSR count). The Morgan fingerprint density at radius 1 is 1.29 bits per heavy atom. The van der Waals surface area contributed by atoms with Gasteiger partial charge in [-0.15, -0.1) is 0 Å². The summed E-state index contributed by atoms with van der Waals surface area (Å²) >= 11 is 0. The van der Waals surface area contributed by atoms with E-state index in [-0.39, 0.29) is 6.04 Å². The standard InChI is InChI=1S/C18H23NO2/c1-21-16-7-4-5-14(11-16)12-18-17-8-3-2-6-15(17)9-10-19(18)13-20/h4-5,7,11,13,18H,2-3,6,8-10,12H2,1H3. The van der Waals surface area contributed by atoms with Gasteiger partial charge in [-0.1, -0.05) is 17.7 Å². The molecule has 0 aromatic heterocycles. The minimum Gasteiger partial charge on any atom is -0.497 e. The van der Waals surface area contributed by atoms with Gasteiger partial charge in [0, 0.05) is 6.54 Å². The number of methoxy groups -OCH3 is 1. The van der Waals surface area contributed by atoms with Gasteiger partial charge in [0.25, 0.3) is 0 Å². The van der Waals surface area contributed by atoms with Gasteiger partial charge < -0.3 is 9.64 Å². The molecule has 1 heterocycles. The fourth-order valence-electron chi connectivity index (χ4n) is 3.69. The first-order chi connectivity index (χ1) is 10.3. The number of carbonyl (C=O) groups excluding carboxylic acids is 1. The highest BCUT2D eigenvalue weighted by molar-refractivity contribution is 5.51. The minimum absolute atomic E-state index is 0.249. The first kappa shape index (κ1) is 14.2. The quantitative estimate of drug-likeness (QED) is 0.627. The van der Waals surface area contributed by atoms with E-state index in [0.717, 1.165) is 38.0 Å². The normalized spacial score (nSPS) is 22.0. The summed E-state index contributed by atoms with van der Waals surface area (Å²) in [6.45, 7) is 0.872. The molecule has 0 bridgehead atoms. The minimum atomic E-state index is 0.249. The van der Waals surface area contributed by atoms with Crippen LogP contribution < -0.4 is 4.74 Å². The molecule has 3 heteroatoms. The Balaban J connectivity index is 1.87. The number of hydrogen-bond acceptors (Lipinski definition) is 2. The molecule has 1 aliphatic carbocycles. The zero-order valence-electron chi connectivity index (χ0n) is 12.7. The molecule has 0 N–H and O–H groups in total. The van der Waals surface area contributed by atoms with Crippen molar-refractivity contribution < 1.29 is 9.53 Å². The fourth-order valence-corrected chi connectivity index (χ4v) is 3.69. The molecule has 0 saturated carbocycles. The molecule has 1 unspecified atom stereocenters. The fraction of sp³-hybridized carbons (Fsp3) is 0.500. The van der Waals surface area contributed by atoms with Gasteiger partial charge in [0.05, 0.1) is 13.2 Å². The highest BCUT2D eigenvalue weighted by atomic mass is 16.5. The van der Waals surface area contributed by atoms with Crippen molar-refractivity contribution >= 4 is 6.41 Å². The van der Waals surface area contributed by atoms with E-state index in [1.165, 1.54) is 30.4 Å². The second kappa shape index (κ2) is 6.33. The Hall–Kier alpha value is -1.77. The lowest BCUT2D eigenvalue weighted by Gasteiger charge is -2.39. The van der Waals surface area contributed by atoms with E-state index in [9.17, 15) is 4.79 Å². The molecule has 1 aromatic rings. The van der Waals surface area contributed by atoms with Crippen molar-refractivity contribution in [2.24, 2.45) is 0 Å². The van der Waals surface area contributed by atoms with E-state index in [1.54, 1.807) is 12.7 Å². The Bertz CT molecular complexity index is 550. The second-order valence-corrected chi connectivity index (χ2v) is 6.00. The maximum atomic E-state index is 11.4. The molecule has 1 aromatic carbocycles. The zero-order chi connectivity index (χ0) is 14.7. The van der Waals surface area contributed by atoms with Crippen molar-refractivity contribution in [3.05, 3.63) is 41.0 Å². The van der Waals surface area contributed by atoms with Gasteiger partial charge in [0.1, 0.15) is 5.75 Å². The highest BCUT2D eigenvalue weighted by Gasteiger charge is 2.29. The average molecular weight is 285 g/mol. The van der Waals surface area contributed by atoms with Gasteiger partial charge in [-0.25, -0.2) is 0 Å². The summed E-state index contributed by atoms with van der Waals surface area (Å²) in [5, 5.41) is 0. The number of rotatable bonds is 4. The second-order valence-electron chi connectivity index (χ2n) is 6.00. The van der Waals surface area contributed by atoms with Gasteiger partial charge in [-0.05, 0) is 61.8 Å². The summed E-state index contributed by atoms with van der Waals surface area (Å²) < 4.78 is 5.31. The van der Waals surface area contributed by atoms with E-state index in [0.29, 0.717) is 0 Å². The van der Waals surface area contributed by atoms with Crippen molar-refractivity contribution in [3.8, 4) is 5.75 Å². The third-order valence-corrected chi connectivity index (χ3v) is 4.80. The molecule has 1 amide bonds. The van der Waals surface area contributed by atoms with Gasteiger partial charge in [-0.2, -0.15) is 0 Å².